The van der Waals surface area contributed by atoms with Crippen molar-refractivity contribution in [1.82, 2.24) is 4.90 Å². The summed E-state index contributed by atoms with van der Waals surface area (Å²) in [6.07, 6.45) is 13.8. The van der Waals surface area contributed by atoms with E-state index < -0.39 is 0 Å². The van der Waals surface area contributed by atoms with Gasteiger partial charge in [0.1, 0.15) is 12.4 Å². The predicted octanol–water partition coefficient (Wildman–Crippen LogP) is 5.04. The summed E-state index contributed by atoms with van der Waals surface area (Å²) < 4.78 is 5.58. The maximum absolute atomic E-state index is 12.1. The fraction of sp³-hybridized carbons (Fsp3) is 0.769. The molecule has 0 spiro atoms. The molecule has 4 aliphatic carbocycles. The summed E-state index contributed by atoms with van der Waals surface area (Å²) in [6, 6.07) is 0. The summed E-state index contributed by atoms with van der Waals surface area (Å²) >= 11 is 0. The molecule has 4 nitrogen and oxygen atoms in total. The number of rotatable bonds is 3. The molecule has 5 rings (SSSR count). The first-order valence-electron chi connectivity index (χ1n) is 12.2. The van der Waals surface area contributed by atoms with Crippen LogP contribution in [0.1, 0.15) is 78.6 Å². The number of esters is 1. The van der Waals surface area contributed by atoms with Gasteiger partial charge in [-0.15, -0.1) is 0 Å². The van der Waals surface area contributed by atoms with Crippen LogP contribution in [0.5, 0.6) is 0 Å². The van der Waals surface area contributed by atoms with Gasteiger partial charge < -0.3 is 9.64 Å². The van der Waals surface area contributed by atoms with E-state index in [4.69, 9.17) is 4.74 Å². The molecule has 4 heteroatoms. The monoisotopic (exact) mass is 411 g/mol. The van der Waals surface area contributed by atoms with Crippen molar-refractivity contribution in [3.63, 3.8) is 0 Å². The van der Waals surface area contributed by atoms with Crippen molar-refractivity contribution in [2.24, 2.45) is 28.6 Å². The van der Waals surface area contributed by atoms with Crippen molar-refractivity contribution in [1.29, 1.82) is 0 Å². The van der Waals surface area contributed by atoms with Gasteiger partial charge in [0.15, 0.2) is 0 Å². The second-order valence-electron chi connectivity index (χ2n) is 11.1. The van der Waals surface area contributed by atoms with Crippen LogP contribution >= 0.6 is 0 Å². The highest BCUT2D eigenvalue weighted by Crippen LogP contribution is 2.66. The minimum atomic E-state index is -0.154. The van der Waals surface area contributed by atoms with Gasteiger partial charge in [0.2, 0.25) is 0 Å². The average molecular weight is 412 g/mol. The fourth-order valence-corrected chi connectivity index (χ4v) is 8.26. The minimum absolute atomic E-state index is 0.0591. The fourth-order valence-electron chi connectivity index (χ4n) is 8.26. The van der Waals surface area contributed by atoms with Crippen LogP contribution in [0.15, 0.2) is 22.9 Å². The van der Waals surface area contributed by atoms with Gasteiger partial charge >= 0.3 is 5.97 Å². The summed E-state index contributed by atoms with van der Waals surface area (Å²) in [7, 11) is 0. The van der Waals surface area contributed by atoms with Crippen LogP contribution in [0.3, 0.4) is 0 Å². The normalized spacial score (nSPS) is 42.9. The van der Waals surface area contributed by atoms with E-state index >= 15 is 0 Å². The van der Waals surface area contributed by atoms with Crippen LogP contribution in [0.2, 0.25) is 0 Å². The van der Waals surface area contributed by atoms with Crippen molar-refractivity contribution in [3.8, 4) is 0 Å². The maximum Gasteiger partial charge on any atom is 0.302 e. The molecular formula is C26H37NO3. The molecule has 1 aliphatic heterocycles. The summed E-state index contributed by atoms with van der Waals surface area (Å²) in [6.45, 7) is 8.73. The zero-order valence-corrected chi connectivity index (χ0v) is 18.9. The van der Waals surface area contributed by atoms with E-state index in [1.165, 1.54) is 50.2 Å². The maximum atomic E-state index is 12.1. The van der Waals surface area contributed by atoms with Gasteiger partial charge in [-0.2, -0.15) is 0 Å². The van der Waals surface area contributed by atoms with Crippen molar-refractivity contribution >= 4 is 12.3 Å². The lowest BCUT2D eigenvalue weighted by Crippen LogP contribution is -2.51. The molecule has 0 unspecified atom stereocenters. The first-order chi connectivity index (χ1) is 14.4. The van der Waals surface area contributed by atoms with Crippen LogP contribution < -0.4 is 0 Å². The Morgan fingerprint density at radius 3 is 2.53 bits per heavy atom. The van der Waals surface area contributed by atoms with Crippen LogP contribution in [0, 0.1) is 28.6 Å². The van der Waals surface area contributed by atoms with E-state index in [1.54, 1.807) is 0 Å². The molecule has 0 radical (unpaired) electrons. The second-order valence-corrected chi connectivity index (χ2v) is 11.1. The predicted molar refractivity (Wildman–Crippen MR) is 117 cm³/mol. The molecule has 1 heterocycles. The van der Waals surface area contributed by atoms with Crippen molar-refractivity contribution < 1.29 is 14.3 Å². The lowest BCUT2D eigenvalue weighted by atomic mass is 9.47. The number of ether oxygens (including phenoxy) is 1. The Kier molecular flexibility index (Phi) is 4.91. The molecule has 0 amide bonds. The highest BCUT2D eigenvalue weighted by Gasteiger charge is 2.59. The van der Waals surface area contributed by atoms with Gasteiger partial charge in [-0.3, -0.25) is 9.59 Å². The summed E-state index contributed by atoms with van der Waals surface area (Å²) in [5.74, 6) is 1.80. The molecule has 0 N–H and O–H groups in total. The van der Waals surface area contributed by atoms with Gasteiger partial charge in [-0.1, -0.05) is 25.5 Å². The summed E-state index contributed by atoms with van der Waals surface area (Å²) in [4.78, 5) is 26.1. The highest BCUT2D eigenvalue weighted by atomic mass is 16.5. The summed E-state index contributed by atoms with van der Waals surface area (Å²) in [5, 5.41) is 0. The lowest BCUT2D eigenvalue weighted by molar-refractivity contribution is -0.148. The smallest absolute Gasteiger partial charge is 0.302 e. The number of fused-ring (bicyclic) bond motifs is 5. The number of aldehydes is 1. The number of carbonyl (C=O) groups excluding carboxylic acids is 2. The van der Waals surface area contributed by atoms with Crippen LogP contribution in [-0.4, -0.2) is 36.3 Å². The van der Waals surface area contributed by atoms with Crippen molar-refractivity contribution in [3.05, 3.63) is 22.9 Å². The molecule has 1 saturated heterocycles. The lowest BCUT2D eigenvalue weighted by Gasteiger charge is -2.58. The standard InChI is InChI=1S/C26H37NO3/c1-17(29)30-20-8-10-25(2)19(15-20)6-7-21-22(25)9-11-26(3)23(21)14-18(16-28)24(26)27-12-4-5-13-27/h6,16,20-23H,4-5,7-15H2,1-3H3/t20-,21+,22-,23-,25-,26-/m0/s1. The van der Waals surface area contributed by atoms with Crippen LogP contribution in [0.25, 0.3) is 0 Å². The van der Waals surface area contributed by atoms with Crippen LogP contribution in [-0.2, 0) is 14.3 Å². The molecule has 5 aliphatic rings. The van der Waals surface area contributed by atoms with E-state index in [2.05, 4.69) is 24.8 Å². The molecule has 0 aromatic heterocycles. The molecule has 30 heavy (non-hydrogen) atoms. The van der Waals surface area contributed by atoms with E-state index in [1.807, 2.05) is 0 Å². The Labute approximate surface area is 181 Å². The van der Waals surface area contributed by atoms with Gasteiger partial charge in [0.05, 0.1) is 0 Å². The van der Waals surface area contributed by atoms with E-state index in [0.717, 1.165) is 50.8 Å². The minimum Gasteiger partial charge on any atom is -0.462 e. The second kappa shape index (κ2) is 7.24. The number of hydrogen-bond donors (Lipinski definition) is 0. The van der Waals surface area contributed by atoms with Gasteiger partial charge in [-0.05, 0) is 74.5 Å². The number of likely N-dealkylation sites (tertiary alicyclic amines) is 1. The Bertz CT molecular complexity index is 807. The van der Waals surface area contributed by atoms with Gasteiger partial charge in [0, 0.05) is 43.1 Å². The molecule has 0 aromatic carbocycles. The zero-order valence-electron chi connectivity index (χ0n) is 18.9. The average Bonchev–Trinajstić information content (AvgIpc) is 3.32. The number of carbonyl (C=O) groups is 2. The third-order valence-corrected chi connectivity index (χ3v) is 9.63. The zero-order chi connectivity index (χ0) is 21.1. The molecule has 164 valence electrons. The highest BCUT2D eigenvalue weighted by molar-refractivity contribution is 5.76. The Balaban J connectivity index is 1.43. The van der Waals surface area contributed by atoms with Gasteiger partial charge in [0.25, 0.3) is 0 Å². The van der Waals surface area contributed by atoms with Crippen molar-refractivity contribution in [2.75, 3.05) is 13.1 Å². The first-order valence-corrected chi connectivity index (χ1v) is 12.2. The summed E-state index contributed by atoms with van der Waals surface area (Å²) in [5.41, 5.74) is 4.45. The van der Waals surface area contributed by atoms with Gasteiger partial charge in [-0.25, -0.2) is 0 Å². The Morgan fingerprint density at radius 2 is 1.83 bits per heavy atom. The van der Waals surface area contributed by atoms with Crippen LogP contribution in [0.4, 0.5) is 0 Å². The SMILES string of the molecule is CC(=O)O[C@H]1CC[C@@]2(C)C(=CC[C@@H]3[C@@H]2CC[C@]2(C)C(N4CCCC4)=C(C=O)C[C@@H]32)C1. The molecule has 3 fully saturated rings. The molecule has 0 bridgehead atoms. The number of hydrogen-bond acceptors (Lipinski definition) is 4. The van der Waals surface area contributed by atoms with Crippen molar-refractivity contribution in [2.45, 2.75) is 84.7 Å². The first kappa shape index (κ1) is 20.3. The molecule has 0 aromatic rings. The third-order valence-electron chi connectivity index (χ3n) is 9.63. The van der Waals surface area contributed by atoms with E-state index in [-0.39, 0.29) is 22.9 Å². The Hall–Kier alpha value is -1.58. The molecular weight excluding hydrogens is 374 g/mol. The third kappa shape index (κ3) is 2.92. The largest absolute Gasteiger partial charge is 0.462 e. The molecule has 6 atom stereocenters. The van der Waals surface area contributed by atoms with E-state index in [9.17, 15) is 9.59 Å². The molecule has 2 saturated carbocycles. The number of allylic oxidation sites excluding steroid dienone is 3. The van der Waals surface area contributed by atoms with E-state index in [0.29, 0.717) is 17.8 Å². The quantitative estimate of drug-likeness (QED) is 0.371. The Morgan fingerprint density at radius 1 is 1.10 bits per heavy atom. The topological polar surface area (TPSA) is 46.6 Å². The number of nitrogens with zero attached hydrogens (tertiary/aromatic N) is 1.